The summed E-state index contributed by atoms with van der Waals surface area (Å²) in [5.74, 6) is 0.160. The quantitative estimate of drug-likeness (QED) is 0.664. The first-order valence-electron chi connectivity index (χ1n) is 5.00. The van der Waals surface area contributed by atoms with Crippen LogP contribution in [0.3, 0.4) is 0 Å². The molecule has 2 heteroatoms. The van der Waals surface area contributed by atoms with Crippen molar-refractivity contribution in [3.05, 3.63) is 35.4 Å². The van der Waals surface area contributed by atoms with Gasteiger partial charge < -0.3 is 4.90 Å². The Balaban J connectivity index is 2.61. The van der Waals surface area contributed by atoms with Gasteiger partial charge in [0.25, 0.3) is 5.91 Å². The van der Waals surface area contributed by atoms with Gasteiger partial charge in [-0.2, -0.15) is 0 Å². The molecule has 1 heterocycles. The molecule has 0 spiro atoms. The van der Waals surface area contributed by atoms with Crippen LogP contribution in [0.4, 0.5) is 0 Å². The Morgan fingerprint density at radius 3 is 2.50 bits per heavy atom. The lowest BCUT2D eigenvalue weighted by molar-refractivity contribution is 0.0635. The van der Waals surface area contributed by atoms with Crippen LogP contribution in [0, 0.1) is 0 Å². The average Bonchev–Trinajstić information content (AvgIpc) is 2.36. The highest BCUT2D eigenvalue weighted by molar-refractivity contribution is 5.99. The molecule has 1 aliphatic rings. The molecule has 0 fully saturated rings. The summed E-state index contributed by atoms with van der Waals surface area (Å²) < 4.78 is 0. The van der Waals surface area contributed by atoms with Crippen molar-refractivity contribution in [2.24, 2.45) is 0 Å². The molecule has 14 heavy (non-hydrogen) atoms. The van der Waals surface area contributed by atoms with Gasteiger partial charge in [-0.1, -0.05) is 18.2 Å². The van der Waals surface area contributed by atoms with Gasteiger partial charge in [0.1, 0.15) is 0 Å². The van der Waals surface area contributed by atoms with E-state index in [4.69, 9.17) is 0 Å². The fourth-order valence-electron chi connectivity index (χ4n) is 2.29. The maximum atomic E-state index is 12.0. The minimum atomic E-state index is -0.150. The van der Waals surface area contributed by atoms with Crippen molar-refractivity contribution in [1.82, 2.24) is 4.90 Å². The Morgan fingerprint density at radius 1 is 1.29 bits per heavy atom. The van der Waals surface area contributed by atoms with E-state index in [1.165, 1.54) is 0 Å². The highest BCUT2D eigenvalue weighted by Crippen LogP contribution is 2.37. The van der Waals surface area contributed by atoms with Crippen LogP contribution in [0.1, 0.15) is 36.7 Å². The van der Waals surface area contributed by atoms with E-state index in [9.17, 15) is 4.79 Å². The monoisotopic (exact) mass is 189 g/mol. The summed E-state index contributed by atoms with van der Waals surface area (Å²) in [5, 5.41) is 0. The van der Waals surface area contributed by atoms with Crippen molar-refractivity contribution >= 4 is 5.91 Å². The summed E-state index contributed by atoms with van der Waals surface area (Å²) >= 11 is 0. The summed E-state index contributed by atoms with van der Waals surface area (Å²) in [6, 6.07) is 7.87. The average molecular weight is 189 g/mol. The first kappa shape index (κ1) is 9.25. The van der Waals surface area contributed by atoms with Crippen molar-refractivity contribution in [3.63, 3.8) is 0 Å². The predicted octanol–water partition coefficient (Wildman–Crippen LogP) is 2.40. The molecular weight excluding hydrogens is 174 g/mol. The molecule has 1 aliphatic heterocycles. The fraction of sp³-hybridized carbons (Fsp3) is 0.417. The van der Waals surface area contributed by atoms with Gasteiger partial charge in [0.2, 0.25) is 0 Å². The van der Waals surface area contributed by atoms with E-state index in [0.29, 0.717) is 0 Å². The number of carbonyl (C=O) groups excluding carboxylic acids is 1. The Bertz CT molecular complexity index is 382. The normalized spacial score (nSPS) is 18.5. The first-order valence-corrected chi connectivity index (χ1v) is 5.00. The Hall–Kier alpha value is -1.31. The molecule has 0 radical (unpaired) electrons. The molecule has 0 N–H and O–H groups in total. The van der Waals surface area contributed by atoms with Gasteiger partial charge in [0.05, 0.1) is 5.54 Å². The molecule has 0 saturated carbocycles. The van der Waals surface area contributed by atoms with Crippen LogP contribution < -0.4 is 0 Å². The molecule has 0 atom stereocenters. The summed E-state index contributed by atoms with van der Waals surface area (Å²) in [6.45, 7) is 6.98. The Morgan fingerprint density at radius 2 is 1.93 bits per heavy atom. The largest absolute Gasteiger partial charge is 0.330 e. The van der Waals surface area contributed by atoms with Gasteiger partial charge in [0, 0.05) is 12.1 Å². The first-order chi connectivity index (χ1) is 6.59. The molecular formula is C12H15NO. The van der Waals surface area contributed by atoms with Gasteiger partial charge in [0.15, 0.2) is 0 Å². The lowest BCUT2D eigenvalue weighted by atomic mass is 9.94. The molecule has 2 nitrogen and oxygen atoms in total. The summed E-state index contributed by atoms with van der Waals surface area (Å²) in [6.07, 6.45) is 0. The molecule has 1 amide bonds. The Labute approximate surface area is 84.5 Å². The number of nitrogens with zero attached hydrogens (tertiary/aromatic N) is 1. The third kappa shape index (κ3) is 0.999. The number of rotatable bonds is 1. The number of carbonyl (C=O) groups is 1. The van der Waals surface area contributed by atoms with Gasteiger partial charge >= 0.3 is 0 Å². The molecule has 0 aliphatic carbocycles. The highest BCUT2D eigenvalue weighted by Gasteiger charge is 2.41. The van der Waals surface area contributed by atoms with Crippen molar-refractivity contribution in [3.8, 4) is 0 Å². The van der Waals surface area contributed by atoms with Gasteiger partial charge in [-0.15, -0.1) is 0 Å². The number of fused-ring (bicyclic) bond motifs is 1. The van der Waals surface area contributed by atoms with Gasteiger partial charge in [-0.3, -0.25) is 4.79 Å². The van der Waals surface area contributed by atoms with E-state index in [1.807, 2.05) is 36.1 Å². The minimum Gasteiger partial charge on any atom is -0.330 e. The lowest BCUT2D eigenvalue weighted by Gasteiger charge is -2.31. The van der Waals surface area contributed by atoms with Crippen LogP contribution in [-0.4, -0.2) is 17.4 Å². The zero-order chi connectivity index (χ0) is 10.3. The van der Waals surface area contributed by atoms with Crippen molar-refractivity contribution in [2.45, 2.75) is 26.3 Å². The zero-order valence-electron chi connectivity index (χ0n) is 8.87. The minimum absolute atomic E-state index is 0.150. The van der Waals surface area contributed by atoms with E-state index < -0.39 is 0 Å². The summed E-state index contributed by atoms with van der Waals surface area (Å²) in [7, 11) is 0. The number of benzene rings is 1. The summed E-state index contributed by atoms with van der Waals surface area (Å²) in [4.78, 5) is 13.9. The van der Waals surface area contributed by atoms with Crippen LogP contribution in [0.15, 0.2) is 24.3 Å². The second-order valence-corrected chi connectivity index (χ2v) is 4.15. The van der Waals surface area contributed by atoms with E-state index in [-0.39, 0.29) is 11.4 Å². The standard InChI is InChI=1S/C12H15NO/c1-4-13-11(14)9-7-5-6-8-10(9)12(13,2)3/h5-8H,4H2,1-3H3. The van der Waals surface area contributed by atoms with Crippen LogP contribution in [0.5, 0.6) is 0 Å². The topological polar surface area (TPSA) is 20.3 Å². The molecule has 0 saturated heterocycles. The van der Waals surface area contributed by atoms with Crippen LogP contribution in [0.2, 0.25) is 0 Å². The third-order valence-electron chi connectivity index (χ3n) is 3.05. The second-order valence-electron chi connectivity index (χ2n) is 4.15. The number of hydrogen-bond donors (Lipinski definition) is 0. The molecule has 0 bridgehead atoms. The molecule has 1 aromatic rings. The molecule has 0 unspecified atom stereocenters. The smallest absolute Gasteiger partial charge is 0.254 e. The molecule has 0 aromatic heterocycles. The Kier molecular flexibility index (Phi) is 1.88. The SMILES string of the molecule is CCN1C(=O)c2ccccc2C1(C)C. The van der Waals surface area contributed by atoms with E-state index >= 15 is 0 Å². The van der Waals surface area contributed by atoms with Crippen molar-refractivity contribution < 1.29 is 4.79 Å². The van der Waals surface area contributed by atoms with Crippen molar-refractivity contribution in [2.75, 3.05) is 6.54 Å². The maximum Gasteiger partial charge on any atom is 0.254 e. The van der Waals surface area contributed by atoms with Gasteiger partial charge in [-0.05, 0) is 32.4 Å². The molecule has 2 rings (SSSR count). The lowest BCUT2D eigenvalue weighted by Crippen LogP contribution is -2.38. The van der Waals surface area contributed by atoms with Crippen LogP contribution in [-0.2, 0) is 5.54 Å². The molecule has 74 valence electrons. The van der Waals surface area contributed by atoms with E-state index in [0.717, 1.165) is 17.7 Å². The fourth-order valence-corrected chi connectivity index (χ4v) is 2.29. The van der Waals surface area contributed by atoms with E-state index in [1.54, 1.807) is 0 Å². The van der Waals surface area contributed by atoms with Crippen LogP contribution in [0.25, 0.3) is 0 Å². The van der Waals surface area contributed by atoms with E-state index in [2.05, 4.69) is 13.8 Å². The van der Waals surface area contributed by atoms with Crippen molar-refractivity contribution in [1.29, 1.82) is 0 Å². The number of hydrogen-bond acceptors (Lipinski definition) is 1. The summed E-state index contributed by atoms with van der Waals surface area (Å²) in [5.41, 5.74) is 1.86. The van der Waals surface area contributed by atoms with Gasteiger partial charge in [-0.25, -0.2) is 0 Å². The predicted molar refractivity (Wildman–Crippen MR) is 56.2 cm³/mol. The highest BCUT2D eigenvalue weighted by atomic mass is 16.2. The number of amides is 1. The van der Waals surface area contributed by atoms with Crippen LogP contribution >= 0.6 is 0 Å². The maximum absolute atomic E-state index is 12.0. The molecule has 1 aromatic carbocycles. The third-order valence-corrected chi connectivity index (χ3v) is 3.05. The second kappa shape index (κ2) is 2.84. The zero-order valence-corrected chi connectivity index (χ0v) is 8.87.